The number of hydrogen-bond acceptors (Lipinski definition) is 1. The zero-order valence-corrected chi connectivity index (χ0v) is 8.71. The standard InChI is InChI=1S/C10H19S/c1-4-6-7-10(5-2)8-9-11-3/h8,10H,4-7H2,1-3H3. The zero-order valence-electron chi connectivity index (χ0n) is 7.89. The monoisotopic (exact) mass is 171 g/mol. The minimum absolute atomic E-state index is 0.766. The van der Waals surface area contributed by atoms with Gasteiger partial charge in [-0.15, -0.1) is 11.8 Å². The van der Waals surface area contributed by atoms with Gasteiger partial charge in [0.05, 0.1) is 0 Å². The SMILES string of the molecule is CCCCC(C=[C]SC)CC. The second-order valence-corrected chi connectivity index (χ2v) is 3.44. The Morgan fingerprint density at radius 2 is 2.18 bits per heavy atom. The highest BCUT2D eigenvalue weighted by molar-refractivity contribution is 8.00. The lowest BCUT2D eigenvalue weighted by Gasteiger charge is -2.07. The van der Waals surface area contributed by atoms with Crippen LogP contribution in [0.3, 0.4) is 0 Å². The van der Waals surface area contributed by atoms with Crippen molar-refractivity contribution in [2.45, 2.75) is 39.5 Å². The van der Waals surface area contributed by atoms with Crippen molar-refractivity contribution < 1.29 is 0 Å². The second-order valence-electron chi connectivity index (χ2n) is 2.80. The Labute approximate surface area is 75.5 Å². The van der Waals surface area contributed by atoms with E-state index in [0.29, 0.717) is 0 Å². The van der Waals surface area contributed by atoms with Crippen LogP contribution >= 0.6 is 11.8 Å². The van der Waals surface area contributed by atoms with Gasteiger partial charge < -0.3 is 0 Å². The van der Waals surface area contributed by atoms with Gasteiger partial charge in [0.2, 0.25) is 0 Å². The highest BCUT2D eigenvalue weighted by atomic mass is 32.2. The number of rotatable bonds is 6. The molecule has 0 amide bonds. The van der Waals surface area contributed by atoms with E-state index in [9.17, 15) is 0 Å². The Morgan fingerprint density at radius 3 is 2.64 bits per heavy atom. The van der Waals surface area contributed by atoms with E-state index in [1.165, 1.54) is 25.7 Å². The van der Waals surface area contributed by atoms with E-state index < -0.39 is 0 Å². The normalized spacial score (nSPS) is 14.1. The predicted molar refractivity (Wildman–Crippen MR) is 54.6 cm³/mol. The van der Waals surface area contributed by atoms with E-state index in [0.717, 1.165) is 5.92 Å². The molecule has 0 nitrogen and oxygen atoms in total. The average Bonchev–Trinajstić information content (AvgIpc) is 2.05. The van der Waals surface area contributed by atoms with Crippen LogP contribution in [0.15, 0.2) is 6.08 Å². The van der Waals surface area contributed by atoms with Gasteiger partial charge in [-0.05, 0) is 25.0 Å². The Bertz CT molecular complexity index is 97.0. The molecular weight excluding hydrogens is 152 g/mol. The lowest BCUT2D eigenvalue weighted by molar-refractivity contribution is 0.540. The topological polar surface area (TPSA) is 0 Å². The highest BCUT2D eigenvalue weighted by Crippen LogP contribution is 2.14. The minimum Gasteiger partial charge on any atom is -0.129 e. The third-order valence-electron chi connectivity index (χ3n) is 1.87. The van der Waals surface area contributed by atoms with Gasteiger partial charge in [0.15, 0.2) is 0 Å². The zero-order chi connectivity index (χ0) is 8.53. The molecule has 1 radical (unpaired) electrons. The van der Waals surface area contributed by atoms with Gasteiger partial charge in [-0.25, -0.2) is 0 Å². The molecule has 0 rings (SSSR count). The summed E-state index contributed by atoms with van der Waals surface area (Å²) in [6.07, 6.45) is 9.53. The van der Waals surface area contributed by atoms with E-state index in [2.05, 4.69) is 31.6 Å². The van der Waals surface area contributed by atoms with Gasteiger partial charge >= 0.3 is 0 Å². The molecule has 0 aromatic carbocycles. The summed E-state index contributed by atoms with van der Waals surface area (Å²) in [6, 6.07) is 0. The molecule has 0 spiro atoms. The van der Waals surface area contributed by atoms with Crippen molar-refractivity contribution >= 4 is 11.8 Å². The minimum atomic E-state index is 0.766. The number of thioether (sulfide) groups is 1. The maximum atomic E-state index is 3.20. The van der Waals surface area contributed by atoms with Gasteiger partial charge in [0.1, 0.15) is 0 Å². The fourth-order valence-electron chi connectivity index (χ4n) is 1.04. The Kier molecular flexibility index (Phi) is 8.26. The van der Waals surface area contributed by atoms with E-state index in [-0.39, 0.29) is 0 Å². The molecule has 1 atom stereocenters. The summed E-state index contributed by atoms with van der Waals surface area (Å²) in [6.45, 7) is 4.49. The van der Waals surface area contributed by atoms with Gasteiger partial charge in [-0.1, -0.05) is 32.8 Å². The molecule has 11 heavy (non-hydrogen) atoms. The molecule has 0 aliphatic carbocycles. The van der Waals surface area contributed by atoms with Crippen LogP contribution in [0, 0.1) is 11.3 Å². The quantitative estimate of drug-likeness (QED) is 0.584. The molecular formula is C10H19S. The van der Waals surface area contributed by atoms with E-state index in [1.807, 2.05) is 0 Å². The number of allylic oxidation sites excluding steroid dienone is 1. The van der Waals surface area contributed by atoms with Crippen LogP contribution < -0.4 is 0 Å². The second kappa shape index (κ2) is 8.19. The Hall–Kier alpha value is 0.0900. The summed E-state index contributed by atoms with van der Waals surface area (Å²) < 4.78 is 0. The van der Waals surface area contributed by atoms with Crippen molar-refractivity contribution in [3.8, 4) is 0 Å². The first-order chi connectivity index (χ1) is 5.35. The molecule has 0 aliphatic heterocycles. The summed E-state index contributed by atoms with van der Waals surface area (Å²) in [5, 5.41) is 3.20. The van der Waals surface area contributed by atoms with Crippen LogP contribution in [-0.4, -0.2) is 6.26 Å². The summed E-state index contributed by atoms with van der Waals surface area (Å²) >= 11 is 1.67. The molecule has 0 aliphatic rings. The summed E-state index contributed by atoms with van der Waals surface area (Å²) in [5.41, 5.74) is 0. The fraction of sp³-hybridized carbons (Fsp3) is 0.800. The molecule has 1 unspecified atom stereocenters. The first-order valence-corrected chi connectivity index (χ1v) is 5.69. The summed E-state index contributed by atoms with van der Waals surface area (Å²) in [7, 11) is 0. The molecule has 0 aromatic heterocycles. The van der Waals surface area contributed by atoms with Crippen molar-refractivity contribution in [1.29, 1.82) is 0 Å². The highest BCUT2D eigenvalue weighted by Gasteiger charge is 1.99. The number of unbranched alkanes of at least 4 members (excludes halogenated alkanes) is 1. The summed E-state index contributed by atoms with van der Waals surface area (Å²) in [4.78, 5) is 0. The van der Waals surface area contributed by atoms with Crippen LogP contribution in [0.1, 0.15) is 39.5 Å². The van der Waals surface area contributed by atoms with Crippen LogP contribution in [-0.2, 0) is 0 Å². The molecule has 0 aromatic rings. The third kappa shape index (κ3) is 6.49. The molecule has 0 saturated carbocycles. The largest absolute Gasteiger partial charge is 0.129 e. The maximum Gasteiger partial charge on any atom is 0.0165 e. The van der Waals surface area contributed by atoms with E-state index >= 15 is 0 Å². The van der Waals surface area contributed by atoms with Crippen LogP contribution in [0.4, 0.5) is 0 Å². The lowest BCUT2D eigenvalue weighted by Crippen LogP contribution is -1.93. The van der Waals surface area contributed by atoms with Crippen LogP contribution in [0.5, 0.6) is 0 Å². The average molecular weight is 171 g/mol. The van der Waals surface area contributed by atoms with Crippen molar-refractivity contribution in [3.63, 3.8) is 0 Å². The van der Waals surface area contributed by atoms with Gasteiger partial charge in [0.25, 0.3) is 0 Å². The van der Waals surface area contributed by atoms with Gasteiger partial charge in [-0.3, -0.25) is 0 Å². The van der Waals surface area contributed by atoms with E-state index in [1.54, 1.807) is 11.8 Å². The molecule has 65 valence electrons. The van der Waals surface area contributed by atoms with Crippen molar-refractivity contribution in [2.24, 2.45) is 5.92 Å². The lowest BCUT2D eigenvalue weighted by atomic mass is 10.00. The smallest absolute Gasteiger partial charge is 0.0165 e. The van der Waals surface area contributed by atoms with Gasteiger partial charge in [0, 0.05) is 5.41 Å². The molecule has 0 fully saturated rings. The third-order valence-corrected chi connectivity index (χ3v) is 2.25. The van der Waals surface area contributed by atoms with Crippen molar-refractivity contribution in [3.05, 3.63) is 11.5 Å². The molecule has 0 bridgehead atoms. The van der Waals surface area contributed by atoms with E-state index in [4.69, 9.17) is 0 Å². The maximum absolute atomic E-state index is 3.20. The predicted octanol–water partition coefficient (Wildman–Crippen LogP) is 3.88. The summed E-state index contributed by atoms with van der Waals surface area (Å²) in [5.74, 6) is 0.766. The first kappa shape index (κ1) is 11.1. The molecule has 0 heterocycles. The fourth-order valence-corrected chi connectivity index (χ4v) is 1.36. The first-order valence-electron chi connectivity index (χ1n) is 4.47. The molecule has 0 N–H and O–H groups in total. The van der Waals surface area contributed by atoms with Gasteiger partial charge in [-0.2, -0.15) is 0 Å². The molecule has 1 heteroatoms. The Morgan fingerprint density at radius 1 is 1.45 bits per heavy atom. The van der Waals surface area contributed by atoms with Crippen molar-refractivity contribution in [2.75, 3.05) is 6.26 Å². The number of hydrogen-bond donors (Lipinski definition) is 0. The molecule has 0 saturated heterocycles. The van der Waals surface area contributed by atoms with Crippen molar-refractivity contribution in [1.82, 2.24) is 0 Å². The Balaban J connectivity index is 3.48. The van der Waals surface area contributed by atoms with Crippen LogP contribution in [0.2, 0.25) is 0 Å². The van der Waals surface area contributed by atoms with Crippen LogP contribution in [0.25, 0.3) is 0 Å².